The van der Waals surface area contributed by atoms with Crippen LogP contribution in [0.4, 0.5) is 0 Å². The molecule has 1 amide bonds. The van der Waals surface area contributed by atoms with Gasteiger partial charge in [-0.25, -0.2) is 18.9 Å². The lowest BCUT2D eigenvalue weighted by molar-refractivity contribution is -0.115. The van der Waals surface area contributed by atoms with Crippen LogP contribution in [0.25, 0.3) is 10.9 Å². The summed E-state index contributed by atoms with van der Waals surface area (Å²) in [7, 11) is -3.43. The maximum absolute atomic E-state index is 12.7. The van der Waals surface area contributed by atoms with Crippen LogP contribution in [-0.4, -0.2) is 49.2 Å². The Balaban J connectivity index is 1.23. The second-order valence-corrected chi connectivity index (χ2v) is 11.2. The third-order valence-corrected chi connectivity index (χ3v) is 8.20. The molecule has 2 N–H and O–H groups in total. The maximum atomic E-state index is 12.7. The number of thioether (sulfide) groups is 1. The number of hydrogen-bond donors (Lipinski definition) is 2. The highest BCUT2D eigenvalue weighted by molar-refractivity contribution is 8.00. The number of hydrogen-bond acceptors (Lipinski definition) is 6. The van der Waals surface area contributed by atoms with Gasteiger partial charge in [0.15, 0.2) is 21.5 Å². The van der Waals surface area contributed by atoms with E-state index in [1.807, 2.05) is 55.5 Å². The van der Waals surface area contributed by atoms with E-state index in [-0.39, 0.29) is 23.1 Å². The largest absolute Gasteiger partial charge is 0.486 e. The summed E-state index contributed by atoms with van der Waals surface area (Å²) in [5.41, 5.74) is 3.04. The van der Waals surface area contributed by atoms with Crippen molar-refractivity contribution in [2.24, 2.45) is 4.99 Å². The van der Waals surface area contributed by atoms with E-state index in [9.17, 15) is 13.6 Å². The quantitative estimate of drug-likeness (QED) is 0.361. The van der Waals surface area contributed by atoms with Gasteiger partial charge in [0.1, 0.15) is 18.2 Å². The summed E-state index contributed by atoms with van der Waals surface area (Å²) in [5, 5.41) is 1.69. The molecule has 8 nitrogen and oxygen atoms in total. The van der Waals surface area contributed by atoms with Crippen molar-refractivity contribution < 1.29 is 23.0 Å². The normalized spacial score (nSPS) is 16.1. The van der Waals surface area contributed by atoms with Crippen molar-refractivity contribution in [1.82, 2.24) is 9.71 Å². The molecule has 0 radical (unpaired) electrons. The van der Waals surface area contributed by atoms with Crippen molar-refractivity contribution in [3.63, 3.8) is 0 Å². The molecular formula is C27H25N3O5S2. The fourth-order valence-corrected chi connectivity index (χ4v) is 5.62. The SMILES string of the molecule is Cc1cc2cc3c(cc2nc1SCC(=O)N=C1C=CC(=S(=O)(O)NCc2ccccc2)C=C1)OCCO3. The number of fused-ring (bicyclic) bond motifs is 2. The zero-order chi connectivity index (χ0) is 25.8. The van der Waals surface area contributed by atoms with E-state index in [1.165, 1.54) is 23.9 Å². The molecule has 0 saturated heterocycles. The molecule has 1 atom stereocenters. The first-order valence-electron chi connectivity index (χ1n) is 11.6. The fraction of sp³-hybridized carbons (Fsp3) is 0.185. The molecule has 1 aliphatic heterocycles. The first-order chi connectivity index (χ1) is 17.9. The van der Waals surface area contributed by atoms with Crippen molar-refractivity contribution in [3.8, 4) is 11.5 Å². The van der Waals surface area contributed by atoms with Crippen molar-refractivity contribution >= 4 is 49.1 Å². The van der Waals surface area contributed by atoms with Crippen LogP contribution in [0, 0.1) is 6.92 Å². The first kappa shape index (κ1) is 25.2. The summed E-state index contributed by atoms with van der Waals surface area (Å²) in [5.74, 6) is 1.17. The molecule has 3 aromatic rings. The lowest BCUT2D eigenvalue weighted by Crippen LogP contribution is -2.28. The Bertz CT molecular complexity index is 1550. The van der Waals surface area contributed by atoms with Gasteiger partial charge in [-0.05, 0) is 54.5 Å². The van der Waals surface area contributed by atoms with E-state index >= 15 is 0 Å². The summed E-state index contributed by atoms with van der Waals surface area (Å²) in [6, 6.07) is 15.2. The Morgan fingerprint density at radius 3 is 2.51 bits per heavy atom. The first-order valence-corrected chi connectivity index (χ1v) is 14.1. The number of carbonyl (C=O) groups excluding carboxylic acids is 1. The molecule has 190 valence electrons. The average Bonchev–Trinajstić information content (AvgIpc) is 2.90. The highest BCUT2D eigenvalue weighted by atomic mass is 32.2. The number of aromatic nitrogens is 1. The van der Waals surface area contributed by atoms with Gasteiger partial charge in [-0.15, -0.1) is 0 Å². The lowest BCUT2D eigenvalue weighted by atomic mass is 10.1. The molecule has 5 rings (SSSR count). The van der Waals surface area contributed by atoms with Crippen molar-refractivity contribution in [3.05, 3.63) is 84.0 Å². The Morgan fingerprint density at radius 1 is 1.08 bits per heavy atom. The molecule has 1 aliphatic carbocycles. The number of benzene rings is 2. The molecule has 2 heterocycles. The van der Waals surface area contributed by atoms with E-state index < -0.39 is 9.99 Å². The fourth-order valence-electron chi connectivity index (χ4n) is 3.82. The van der Waals surface area contributed by atoms with Crippen LogP contribution in [-0.2, 0) is 21.3 Å². The number of aliphatic imine (C=N–C) groups is 1. The lowest BCUT2D eigenvalue weighted by Gasteiger charge is -2.19. The van der Waals surface area contributed by atoms with Crippen LogP contribution in [0.3, 0.4) is 0 Å². The minimum absolute atomic E-state index is 0.112. The van der Waals surface area contributed by atoms with Crippen molar-refractivity contribution in [2.45, 2.75) is 18.5 Å². The van der Waals surface area contributed by atoms with Crippen LogP contribution in [0.2, 0.25) is 0 Å². The molecule has 0 bridgehead atoms. The van der Waals surface area contributed by atoms with E-state index in [4.69, 9.17) is 14.5 Å². The molecular weight excluding hydrogens is 510 g/mol. The molecule has 0 saturated carbocycles. The zero-order valence-corrected chi connectivity index (χ0v) is 21.7. The smallest absolute Gasteiger partial charge is 0.256 e. The topological polar surface area (TPSA) is 110 Å². The number of rotatable bonds is 6. The number of nitrogens with zero attached hydrogens (tertiary/aromatic N) is 2. The standard InChI is InChI=1S/C27H25N3O5S2/c1-18-13-20-14-24-25(35-12-11-34-24)15-23(20)30-27(18)36-17-26(31)29-21-7-9-22(10-8-21)37(32,33)28-16-19-5-3-2-4-6-19/h2-10,13-15H,11-12,16-17H2,1H3,(H2,28,32,33). The molecule has 0 fully saturated rings. The van der Waals surface area contributed by atoms with Crippen molar-refractivity contribution in [2.75, 3.05) is 19.0 Å². The second-order valence-electron chi connectivity index (χ2n) is 8.42. The molecule has 37 heavy (non-hydrogen) atoms. The number of allylic oxidation sites excluding steroid dienone is 4. The predicted molar refractivity (Wildman–Crippen MR) is 148 cm³/mol. The van der Waals surface area contributed by atoms with Crippen molar-refractivity contribution in [1.29, 1.82) is 0 Å². The Labute approximate surface area is 219 Å². The third-order valence-electron chi connectivity index (χ3n) is 5.68. The van der Waals surface area contributed by atoms with Gasteiger partial charge in [0, 0.05) is 18.0 Å². The monoisotopic (exact) mass is 535 g/mol. The summed E-state index contributed by atoms with van der Waals surface area (Å²) >= 11 is 1.32. The maximum Gasteiger partial charge on any atom is 0.256 e. The Morgan fingerprint density at radius 2 is 1.78 bits per heavy atom. The van der Waals surface area contributed by atoms with Crippen LogP contribution in [0.1, 0.15) is 11.1 Å². The molecule has 2 aromatic carbocycles. The number of aryl methyl sites for hydroxylation is 1. The minimum atomic E-state index is -3.43. The molecule has 1 aromatic heterocycles. The highest BCUT2D eigenvalue weighted by Crippen LogP contribution is 2.35. The van der Waals surface area contributed by atoms with Crippen LogP contribution in [0.5, 0.6) is 11.5 Å². The molecule has 1 unspecified atom stereocenters. The van der Waals surface area contributed by atoms with Crippen LogP contribution in [0.15, 0.2) is 82.9 Å². The van der Waals surface area contributed by atoms with Gasteiger partial charge in [-0.3, -0.25) is 4.79 Å². The predicted octanol–water partition coefficient (Wildman–Crippen LogP) is 4.13. The van der Waals surface area contributed by atoms with E-state index in [0.717, 1.165) is 27.1 Å². The third kappa shape index (κ3) is 6.11. The summed E-state index contributed by atoms with van der Waals surface area (Å²) in [4.78, 5) is 21.6. The summed E-state index contributed by atoms with van der Waals surface area (Å²) < 4.78 is 37.1. The number of carbonyl (C=O) groups is 1. The summed E-state index contributed by atoms with van der Waals surface area (Å²) in [6.45, 7) is 3.23. The van der Waals surface area contributed by atoms with Gasteiger partial charge >= 0.3 is 0 Å². The van der Waals surface area contributed by atoms with Gasteiger partial charge in [0.2, 0.25) is 0 Å². The van der Waals surface area contributed by atoms with E-state index in [2.05, 4.69) is 9.71 Å². The zero-order valence-electron chi connectivity index (χ0n) is 20.0. The number of pyridine rings is 1. The minimum Gasteiger partial charge on any atom is -0.486 e. The summed E-state index contributed by atoms with van der Waals surface area (Å²) in [6.07, 6.45) is 6.12. The van der Waals surface area contributed by atoms with Gasteiger partial charge in [0.05, 0.1) is 21.8 Å². The highest BCUT2D eigenvalue weighted by Gasteiger charge is 2.16. The molecule has 0 spiro atoms. The second kappa shape index (κ2) is 10.9. The van der Waals surface area contributed by atoms with E-state index in [1.54, 1.807) is 12.2 Å². The van der Waals surface area contributed by atoms with Crippen LogP contribution >= 0.6 is 11.8 Å². The number of amides is 1. The van der Waals surface area contributed by atoms with Gasteiger partial charge in [-0.1, -0.05) is 42.1 Å². The van der Waals surface area contributed by atoms with Gasteiger partial charge < -0.3 is 14.0 Å². The number of nitrogens with one attached hydrogen (secondary N) is 1. The molecule has 2 aliphatic rings. The molecule has 10 heteroatoms. The average molecular weight is 536 g/mol. The van der Waals surface area contributed by atoms with Crippen LogP contribution < -0.4 is 14.2 Å². The van der Waals surface area contributed by atoms with Gasteiger partial charge in [-0.2, -0.15) is 0 Å². The Kier molecular flexibility index (Phi) is 7.43. The number of ether oxygens (including phenoxy) is 2. The van der Waals surface area contributed by atoms with E-state index in [0.29, 0.717) is 30.4 Å². The van der Waals surface area contributed by atoms with Gasteiger partial charge in [0.25, 0.3) is 5.91 Å². The Hall–Kier alpha value is -3.44.